The normalized spacial score (nSPS) is 11.5. The van der Waals surface area contributed by atoms with E-state index < -0.39 is 15.7 Å². The Hall–Kier alpha value is -1.51. The summed E-state index contributed by atoms with van der Waals surface area (Å²) in [5.41, 5.74) is 11.1. The van der Waals surface area contributed by atoms with Gasteiger partial charge in [0, 0.05) is 12.1 Å². The van der Waals surface area contributed by atoms with E-state index >= 15 is 0 Å². The zero-order valence-corrected chi connectivity index (χ0v) is 12.7. The Morgan fingerprint density at radius 3 is 2.25 bits per heavy atom. The molecule has 0 atom stereocenters. The minimum Gasteiger partial charge on any atom is -0.389 e. The van der Waals surface area contributed by atoms with Crippen molar-refractivity contribution < 1.29 is 13.2 Å². The fourth-order valence-corrected chi connectivity index (χ4v) is 3.04. The molecule has 0 saturated heterocycles. The number of amides is 1. The number of thiocarbonyl (C=S) groups is 1. The quantitative estimate of drug-likeness (QED) is 0.658. The number of likely N-dealkylation sites (N-methyl/N-ethyl adjacent to an activating group) is 1. The fourth-order valence-electron chi connectivity index (χ4n) is 1.57. The standard InChI is InChI=1S/C12H17N3O3S2/c1-15(8-11(13)16)6-7-20(17,18)10-4-2-9(3-5-10)12(14)19/h2-5H,6-8H2,1H3,(H2,13,16)(H2,14,19). The van der Waals surface area contributed by atoms with E-state index in [4.69, 9.17) is 23.7 Å². The maximum Gasteiger partial charge on any atom is 0.231 e. The van der Waals surface area contributed by atoms with Gasteiger partial charge in [0.15, 0.2) is 9.84 Å². The van der Waals surface area contributed by atoms with Crippen molar-refractivity contribution in [1.82, 2.24) is 4.90 Å². The summed E-state index contributed by atoms with van der Waals surface area (Å²) in [4.78, 5) is 12.7. The van der Waals surface area contributed by atoms with E-state index in [9.17, 15) is 13.2 Å². The summed E-state index contributed by atoms with van der Waals surface area (Å²) >= 11 is 4.80. The third kappa shape index (κ3) is 4.87. The highest BCUT2D eigenvalue weighted by Crippen LogP contribution is 2.12. The molecule has 1 rings (SSSR count). The third-order valence-corrected chi connectivity index (χ3v) is 4.61. The van der Waals surface area contributed by atoms with Crippen LogP contribution in [0.15, 0.2) is 29.2 Å². The molecule has 0 saturated carbocycles. The molecule has 0 heterocycles. The van der Waals surface area contributed by atoms with Crippen LogP contribution in [0.25, 0.3) is 0 Å². The van der Waals surface area contributed by atoms with Crippen LogP contribution in [0, 0.1) is 0 Å². The third-order valence-electron chi connectivity index (χ3n) is 2.67. The van der Waals surface area contributed by atoms with Crippen LogP contribution in [-0.4, -0.2) is 50.1 Å². The maximum atomic E-state index is 12.1. The molecule has 20 heavy (non-hydrogen) atoms. The first-order valence-corrected chi connectivity index (χ1v) is 7.88. The molecule has 6 nitrogen and oxygen atoms in total. The van der Waals surface area contributed by atoms with E-state index in [1.807, 2.05) is 0 Å². The van der Waals surface area contributed by atoms with E-state index in [2.05, 4.69) is 0 Å². The second-order valence-electron chi connectivity index (χ2n) is 4.41. The largest absolute Gasteiger partial charge is 0.389 e. The first kappa shape index (κ1) is 16.5. The van der Waals surface area contributed by atoms with Gasteiger partial charge in [-0.15, -0.1) is 0 Å². The van der Waals surface area contributed by atoms with Crippen LogP contribution < -0.4 is 11.5 Å². The van der Waals surface area contributed by atoms with Crippen molar-refractivity contribution >= 4 is 33.0 Å². The summed E-state index contributed by atoms with van der Waals surface area (Å²) in [6.07, 6.45) is 0. The predicted molar refractivity (Wildman–Crippen MR) is 81.1 cm³/mol. The number of carbonyl (C=O) groups excluding carboxylic acids is 1. The first-order valence-electron chi connectivity index (χ1n) is 5.82. The average molecular weight is 315 g/mol. The molecule has 8 heteroatoms. The summed E-state index contributed by atoms with van der Waals surface area (Å²) < 4.78 is 24.2. The smallest absolute Gasteiger partial charge is 0.231 e. The molecular formula is C12H17N3O3S2. The summed E-state index contributed by atoms with van der Waals surface area (Å²) in [7, 11) is -1.78. The SMILES string of the molecule is CN(CCS(=O)(=O)c1ccc(C(N)=S)cc1)CC(N)=O. The van der Waals surface area contributed by atoms with Crippen molar-refractivity contribution in [1.29, 1.82) is 0 Å². The minimum absolute atomic E-state index is 0.0237. The molecule has 0 aliphatic heterocycles. The predicted octanol–water partition coefficient (Wildman–Crippen LogP) is -0.488. The van der Waals surface area contributed by atoms with Crippen molar-refractivity contribution in [3.05, 3.63) is 29.8 Å². The monoisotopic (exact) mass is 315 g/mol. The molecular weight excluding hydrogens is 298 g/mol. The molecule has 0 aliphatic carbocycles. The molecule has 4 N–H and O–H groups in total. The van der Waals surface area contributed by atoms with Crippen LogP contribution in [-0.2, 0) is 14.6 Å². The van der Waals surface area contributed by atoms with Crippen LogP contribution >= 0.6 is 12.2 Å². The lowest BCUT2D eigenvalue weighted by Gasteiger charge is -2.14. The summed E-state index contributed by atoms with van der Waals surface area (Å²) in [5, 5.41) is 0. The van der Waals surface area contributed by atoms with Crippen LogP contribution in [0.4, 0.5) is 0 Å². The molecule has 1 aromatic rings. The molecule has 0 radical (unpaired) electrons. The van der Waals surface area contributed by atoms with E-state index in [1.54, 1.807) is 24.1 Å². The van der Waals surface area contributed by atoms with Gasteiger partial charge in [-0.2, -0.15) is 0 Å². The Bertz CT molecular complexity index is 597. The minimum atomic E-state index is -3.41. The molecule has 0 bridgehead atoms. The highest BCUT2D eigenvalue weighted by Gasteiger charge is 2.16. The Morgan fingerprint density at radius 2 is 1.80 bits per heavy atom. The van der Waals surface area contributed by atoms with E-state index in [-0.39, 0.29) is 28.7 Å². The number of nitrogens with zero attached hydrogens (tertiary/aromatic N) is 1. The van der Waals surface area contributed by atoms with Crippen LogP contribution in [0.2, 0.25) is 0 Å². The maximum absolute atomic E-state index is 12.1. The lowest BCUT2D eigenvalue weighted by Crippen LogP contribution is -2.34. The fraction of sp³-hybridized carbons (Fsp3) is 0.333. The number of hydrogen-bond acceptors (Lipinski definition) is 5. The zero-order chi connectivity index (χ0) is 15.3. The second kappa shape index (κ2) is 6.78. The Labute approximate surface area is 123 Å². The van der Waals surface area contributed by atoms with Crippen molar-refractivity contribution in [2.45, 2.75) is 4.90 Å². The highest BCUT2D eigenvalue weighted by atomic mass is 32.2. The van der Waals surface area contributed by atoms with E-state index in [0.29, 0.717) is 5.56 Å². The number of benzene rings is 1. The van der Waals surface area contributed by atoms with Crippen LogP contribution in [0.1, 0.15) is 5.56 Å². The topological polar surface area (TPSA) is 106 Å². The van der Waals surface area contributed by atoms with Gasteiger partial charge in [-0.1, -0.05) is 24.4 Å². The molecule has 0 unspecified atom stereocenters. The number of nitrogens with two attached hydrogens (primary N) is 2. The second-order valence-corrected chi connectivity index (χ2v) is 6.96. The summed E-state index contributed by atoms with van der Waals surface area (Å²) in [6, 6.07) is 6.08. The van der Waals surface area contributed by atoms with Crippen LogP contribution in [0.5, 0.6) is 0 Å². The lowest BCUT2D eigenvalue weighted by molar-refractivity contribution is -0.118. The van der Waals surface area contributed by atoms with E-state index in [1.165, 1.54) is 12.1 Å². The number of primary amides is 1. The Morgan fingerprint density at radius 1 is 1.25 bits per heavy atom. The molecule has 0 aliphatic rings. The van der Waals surface area contributed by atoms with Gasteiger partial charge in [0.05, 0.1) is 17.2 Å². The van der Waals surface area contributed by atoms with Gasteiger partial charge < -0.3 is 11.5 Å². The van der Waals surface area contributed by atoms with Gasteiger partial charge in [-0.3, -0.25) is 9.69 Å². The van der Waals surface area contributed by atoms with Crippen molar-refractivity contribution in [2.75, 3.05) is 25.9 Å². The van der Waals surface area contributed by atoms with Crippen LogP contribution in [0.3, 0.4) is 0 Å². The lowest BCUT2D eigenvalue weighted by atomic mass is 10.2. The number of sulfone groups is 1. The van der Waals surface area contributed by atoms with Gasteiger partial charge in [0.1, 0.15) is 4.99 Å². The molecule has 0 fully saturated rings. The van der Waals surface area contributed by atoms with Crippen molar-refractivity contribution in [2.24, 2.45) is 11.5 Å². The molecule has 110 valence electrons. The average Bonchev–Trinajstić information content (AvgIpc) is 2.36. The van der Waals surface area contributed by atoms with Gasteiger partial charge in [0.25, 0.3) is 0 Å². The van der Waals surface area contributed by atoms with Gasteiger partial charge in [-0.05, 0) is 19.2 Å². The summed E-state index contributed by atoms with van der Waals surface area (Å²) in [6.45, 7) is 0.248. The Kier molecular flexibility index (Phi) is 5.61. The van der Waals surface area contributed by atoms with Gasteiger partial charge in [-0.25, -0.2) is 8.42 Å². The van der Waals surface area contributed by atoms with Gasteiger partial charge >= 0.3 is 0 Å². The number of carbonyl (C=O) groups is 1. The highest BCUT2D eigenvalue weighted by molar-refractivity contribution is 7.91. The zero-order valence-electron chi connectivity index (χ0n) is 11.1. The van der Waals surface area contributed by atoms with Crippen molar-refractivity contribution in [3.63, 3.8) is 0 Å². The number of rotatable bonds is 7. The van der Waals surface area contributed by atoms with E-state index in [0.717, 1.165) is 0 Å². The molecule has 1 aromatic carbocycles. The Balaban J connectivity index is 2.73. The molecule has 1 amide bonds. The molecule has 0 aromatic heterocycles. The summed E-state index contributed by atoms with van der Waals surface area (Å²) in [5.74, 6) is -0.589. The number of hydrogen-bond donors (Lipinski definition) is 2. The first-order chi connectivity index (χ1) is 9.22. The molecule has 0 spiro atoms. The van der Waals surface area contributed by atoms with Gasteiger partial charge in [0.2, 0.25) is 5.91 Å². The van der Waals surface area contributed by atoms with Crippen molar-refractivity contribution in [3.8, 4) is 0 Å².